The Kier molecular flexibility index (Phi) is 10.2. The van der Waals surface area contributed by atoms with Crippen LogP contribution in [0.5, 0.6) is 5.75 Å². The minimum Gasteiger partial charge on any atom is -0.466 e. The molecule has 11 heteroatoms. The minimum atomic E-state index is -5.90. The Morgan fingerprint density at radius 1 is 1.27 bits per heavy atom. The molecule has 0 saturated carbocycles. The van der Waals surface area contributed by atoms with Crippen molar-refractivity contribution in [3.05, 3.63) is 35.4 Å². The zero-order valence-electron chi connectivity index (χ0n) is 18.0. The lowest BCUT2D eigenvalue weighted by molar-refractivity contribution is -0.162. The predicted octanol–water partition coefficient (Wildman–Crippen LogP) is 4.17. The first-order valence-electron chi connectivity index (χ1n) is 10.3. The Hall–Kier alpha value is -2.55. The third-order valence-corrected chi connectivity index (χ3v) is 5.46. The van der Waals surface area contributed by atoms with E-state index in [2.05, 4.69) is 20.8 Å². The lowest BCUT2D eigenvalue weighted by atomic mass is 10.1. The van der Waals surface area contributed by atoms with Crippen molar-refractivity contribution in [3.63, 3.8) is 0 Å². The standard InChI is InChI=1S/C22H25F3O7S/c1-29-20(26)14-13-18-17(10-8-11-19(18)32-33(27,28)22(23,24)25)9-4-2-3-6-15-30-21-12-5-7-16-31-21/h8,10-11,13-14,21H,2-3,5-7,12,15-16H2,1H3. The summed E-state index contributed by atoms with van der Waals surface area (Å²) >= 11 is 0. The van der Waals surface area contributed by atoms with Gasteiger partial charge in [0.15, 0.2) is 12.0 Å². The number of esters is 1. The molecule has 1 unspecified atom stereocenters. The molecule has 0 aromatic heterocycles. The van der Waals surface area contributed by atoms with E-state index in [1.54, 1.807) is 0 Å². The van der Waals surface area contributed by atoms with Gasteiger partial charge >= 0.3 is 21.6 Å². The average Bonchev–Trinajstić information content (AvgIpc) is 2.77. The molecule has 1 atom stereocenters. The van der Waals surface area contributed by atoms with Crippen LogP contribution in [0.1, 0.15) is 49.7 Å². The van der Waals surface area contributed by atoms with Crippen LogP contribution < -0.4 is 4.18 Å². The number of hydrogen-bond donors (Lipinski definition) is 0. The van der Waals surface area contributed by atoms with E-state index in [0.717, 1.165) is 51.0 Å². The lowest BCUT2D eigenvalue weighted by Crippen LogP contribution is -2.28. The van der Waals surface area contributed by atoms with Gasteiger partial charge < -0.3 is 18.4 Å². The smallest absolute Gasteiger partial charge is 0.466 e. The SMILES string of the molecule is COC(=O)C=Cc1c(C#CCCCCOC2CCCCO2)cccc1OS(=O)(=O)C(F)(F)F. The Morgan fingerprint density at radius 3 is 2.73 bits per heavy atom. The summed E-state index contributed by atoms with van der Waals surface area (Å²) in [5, 5.41) is 0. The molecule has 0 amide bonds. The van der Waals surface area contributed by atoms with Crippen LogP contribution in [0.4, 0.5) is 13.2 Å². The average molecular weight is 490 g/mol. The maximum Gasteiger partial charge on any atom is 0.534 e. The molecule has 0 spiro atoms. The fourth-order valence-electron chi connectivity index (χ4n) is 2.81. The summed E-state index contributed by atoms with van der Waals surface area (Å²) in [6.45, 7) is 1.23. The van der Waals surface area contributed by atoms with E-state index < -0.39 is 27.3 Å². The van der Waals surface area contributed by atoms with Crippen molar-refractivity contribution in [3.8, 4) is 17.6 Å². The van der Waals surface area contributed by atoms with Crippen LogP contribution >= 0.6 is 0 Å². The Morgan fingerprint density at radius 2 is 2.06 bits per heavy atom. The van der Waals surface area contributed by atoms with Gasteiger partial charge in [0.2, 0.25) is 0 Å². The van der Waals surface area contributed by atoms with E-state index in [9.17, 15) is 26.4 Å². The molecule has 1 saturated heterocycles. The van der Waals surface area contributed by atoms with Crippen molar-refractivity contribution < 1.29 is 44.8 Å². The topological polar surface area (TPSA) is 88.1 Å². The Labute approximate surface area is 191 Å². The lowest BCUT2D eigenvalue weighted by Gasteiger charge is -2.22. The predicted molar refractivity (Wildman–Crippen MR) is 113 cm³/mol. The Balaban J connectivity index is 2.07. The molecule has 0 bridgehead atoms. The molecular weight excluding hydrogens is 465 g/mol. The molecule has 0 N–H and O–H groups in total. The highest BCUT2D eigenvalue weighted by Gasteiger charge is 2.48. The van der Waals surface area contributed by atoms with Gasteiger partial charge in [0.1, 0.15) is 0 Å². The van der Waals surface area contributed by atoms with E-state index in [1.165, 1.54) is 12.1 Å². The van der Waals surface area contributed by atoms with Crippen molar-refractivity contribution in [2.45, 2.75) is 50.3 Å². The van der Waals surface area contributed by atoms with Crippen LogP contribution in [0.15, 0.2) is 24.3 Å². The van der Waals surface area contributed by atoms with Gasteiger partial charge in [0.05, 0.1) is 7.11 Å². The highest BCUT2D eigenvalue weighted by Crippen LogP contribution is 2.31. The molecule has 7 nitrogen and oxygen atoms in total. The van der Waals surface area contributed by atoms with Crippen molar-refractivity contribution in [1.29, 1.82) is 0 Å². The summed E-state index contributed by atoms with van der Waals surface area (Å²) in [4.78, 5) is 11.4. The summed E-state index contributed by atoms with van der Waals surface area (Å²) in [6, 6.07) is 3.81. The van der Waals surface area contributed by atoms with Crippen LogP contribution in [-0.2, 0) is 29.1 Å². The van der Waals surface area contributed by atoms with Crippen LogP contribution in [0, 0.1) is 11.8 Å². The fraction of sp³-hybridized carbons (Fsp3) is 0.500. The number of carbonyl (C=O) groups excluding carboxylic acids is 1. The molecule has 33 heavy (non-hydrogen) atoms. The molecule has 1 heterocycles. The molecule has 1 fully saturated rings. The van der Waals surface area contributed by atoms with E-state index in [0.29, 0.717) is 26.1 Å². The van der Waals surface area contributed by atoms with E-state index in [-0.39, 0.29) is 17.4 Å². The van der Waals surface area contributed by atoms with Crippen LogP contribution in [0.3, 0.4) is 0 Å². The van der Waals surface area contributed by atoms with Gasteiger partial charge in [0.25, 0.3) is 0 Å². The van der Waals surface area contributed by atoms with E-state index in [4.69, 9.17) is 9.47 Å². The molecule has 0 aliphatic carbocycles. The second kappa shape index (κ2) is 12.6. The number of alkyl halides is 3. The number of benzene rings is 1. The summed E-state index contributed by atoms with van der Waals surface area (Å²) < 4.78 is 80.9. The Bertz CT molecular complexity index is 985. The van der Waals surface area contributed by atoms with E-state index >= 15 is 0 Å². The maximum absolute atomic E-state index is 12.7. The van der Waals surface area contributed by atoms with Gasteiger partial charge in [-0.25, -0.2) is 4.79 Å². The third-order valence-electron chi connectivity index (χ3n) is 4.50. The van der Waals surface area contributed by atoms with Crippen molar-refractivity contribution >= 4 is 22.2 Å². The number of carbonyl (C=O) groups is 1. The first kappa shape index (κ1) is 26.7. The molecule has 1 aliphatic heterocycles. The zero-order valence-corrected chi connectivity index (χ0v) is 18.8. The number of unbranched alkanes of at least 4 members (excludes halogenated alkanes) is 2. The van der Waals surface area contributed by atoms with Gasteiger partial charge in [-0.2, -0.15) is 21.6 Å². The van der Waals surface area contributed by atoms with Gasteiger partial charge in [0, 0.05) is 36.8 Å². The first-order chi connectivity index (χ1) is 15.6. The van der Waals surface area contributed by atoms with Gasteiger partial charge in [-0.05, 0) is 50.3 Å². The van der Waals surface area contributed by atoms with E-state index in [1.807, 2.05) is 0 Å². The zero-order chi connectivity index (χ0) is 24.3. The molecular formula is C22H25F3O7S. The summed E-state index contributed by atoms with van der Waals surface area (Å²) in [5.74, 6) is 4.27. The number of methoxy groups -OCH3 is 1. The summed E-state index contributed by atoms with van der Waals surface area (Å²) in [6.07, 6.45) is 6.79. The molecule has 0 radical (unpaired) electrons. The molecule has 1 aromatic carbocycles. The fourth-order valence-corrected chi connectivity index (χ4v) is 3.29. The molecule has 1 aliphatic rings. The molecule has 1 aromatic rings. The molecule has 182 valence electrons. The van der Waals surface area contributed by atoms with Crippen molar-refractivity contribution in [1.82, 2.24) is 0 Å². The monoisotopic (exact) mass is 490 g/mol. The number of hydrogen-bond acceptors (Lipinski definition) is 7. The van der Waals surface area contributed by atoms with Gasteiger partial charge in [-0.1, -0.05) is 17.9 Å². The van der Waals surface area contributed by atoms with Crippen LogP contribution in [0.25, 0.3) is 6.08 Å². The minimum absolute atomic E-state index is 0.0963. The highest BCUT2D eigenvalue weighted by atomic mass is 32.2. The number of ether oxygens (including phenoxy) is 3. The highest BCUT2D eigenvalue weighted by molar-refractivity contribution is 7.88. The normalized spacial score (nSPS) is 16.8. The maximum atomic E-state index is 12.7. The first-order valence-corrected chi connectivity index (χ1v) is 11.7. The largest absolute Gasteiger partial charge is 0.534 e. The molecule has 2 rings (SSSR count). The quantitative estimate of drug-likeness (QED) is 0.128. The van der Waals surface area contributed by atoms with Gasteiger partial charge in [-0.15, -0.1) is 0 Å². The summed E-state index contributed by atoms with van der Waals surface area (Å²) in [7, 11) is -4.78. The second-order valence-corrected chi connectivity index (χ2v) is 8.52. The third kappa shape index (κ3) is 8.72. The van der Waals surface area contributed by atoms with Gasteiger partial charge in [-0.3, -0.25) is 0 Å². The second-order valence-electron chi connectivity index (χ2n) is 6.98. The van der Waals surface area contributed by atoms with Crippen molar-refractivity contribution in [2.75, 3.05) is 20.3 Å². The number of halogens is 3. The van der Waals surface area contributed by atoms with Crippen LogP contribution in [0.2, 0.25) is 0 Å². The summed E-state index contributed by atoms with van der Waals surface area (Å²) in [5.41, 5.74) is -5.51. The number of rotatable bonds is 9. The van der Waals surface area contributed by atoms with Crippen molar-refractivity contribution in [2.24, 2.45) is 0 Å². The van der Waals surface area contributed by atoms with Crippen LogP contribution in [-0.4, -0.2) is 46.5 Å².